The number of carbonyl (C=O) groups excluding carboxylic acids is 2. The van der Waals surface area contributed by atoms with Crippen molar-refractivity contribution >= 4 is 34.8 Å². The molecule has 0 aliphatic carbocycles. The predicted octanol–water partition coefficient (Wildman–Crippen LogP) is 4.30. The maximum atomic E-state index is 12.7. The summed E-state index contributed by atoms with van der Waals surface area (Å²) in [5.41, 5.74) is 4.11. The molecule has 3 aromatic rings. The second kappa shape index (κ2) is 8.97. The molecule has 2 amide bonds. The van der Waals surface area contributed by atoms with Crippen LogP contribution in [0.25, 0.3) is 0 Å². The van der Waals surface area contributed by atoms with E-state index in [1.165, 1.54) is 6.92 Å². The largest absolute Gasteiger partial charge is 0.326 e. The predicted molar refractivity (Wildman–Crippen MR) is 115 cm³/mol. The fourth-order valence-corrected chi connectivity index (χ4v) is 2.88. The third-order valence-corrected chi connectivity index (χ3v) is 4.17. The molecular weight excluding hydrogens is 366 g/mol. The molecule has 29 heavy (non-hydrogen) atoms. The van der Waals surface area contributed by atoms with Gasteiger partial charge in [0.2, 0.25) is 11.9 Å². The minimum Gasteiger partial charge on any atom is -0.326 e. The van der Waals surface area contributed by atoms with Gasteiger partial charge in [-0.15, -0.1) is 0 Å². The maximum Gasteiger partial charge on any atom is 0.274 e. The van der Waals surface area contributed by atoms with Crippen molar-refractivity contribution in [3.63, 3.8) is 0 Å². The summed E-state index contributed by atoms with van der Waals surface area (Å²) >= 11 is 0. The van der Waals surface area contributed by atoms with Crippen LogP contribution in [0.4, 0.5) is 23.0 Å². The molecule has 2 aromatic carbocycles. The molecular formula is C22H23N5O2. The second-order valence-corrected chi connectivity index (χ2v) is 6.57. The van der Waals surface area contributed by atoms with Gasteiger partial charge in [0, 0.05) is 29.7 Å². The number of amides is 2. The highest BCUT2D eigenvalue weighted by Gasteiger charge is 2.13. The standard InChI is InChI=1S/C22H23N5O2/c1-4-16-8-5-6-11-19(16)26-21(29)20-12-14(2)23-22(27-20)25-18-10-7-9-17(13-18)24-15(3)28/h5-13H,4H2,1-3H3,(H,24,28)(H,26,29)(H,23,25,27). The van der Waals surface area contributed by atoms with Gasteiger partial charge in [-0.1, -0.05) is 31.2 Å². The third-order valence-electron chi connectivity index (χ3n) is 4.17. The Kier molecular flexibility index (Phi) is 6.19. The van der Waals surface area contributed by atoms with E-state index < -0.39 is 0 Å². The summed E-state index contributed by atoms with van der Waals surface area (Å²) < 4.78 is 0. The van der Waals surface area contributed by atoms with E-state index in [4.69, 9.17) is 0 Å². The van der Waals surface area contributed by atoms with Gasteiger partial charge in [0.1, 0.15) is 5.69 Å². The molecule has 0 aliphatic rings. The van der Waals surface area contributed by atoms with Gasteiger partial charge >= 0.3 is 0 Å². The molecule has 0 bridgehead atoms. The number of nitrogens with one attached hydrogen (secondary N) is 3. The molecule has 3 rings (SSSR count). The molecule has 0 saturated heterocycles. The van der Waals surface area contributed by atoms with E-state index in [9.17, 15) is 9.59 Å². The van der Waals surface area contributed by atoms with E-state index in [0.717, 1.165) is 17.7 Å². The average molecular weight is 389 g/mol. The minimum atomic E-state index is -0.300. The molecule has 7 nitrogen and oxygen atoms in total. The lowest BCUT2D eigenvalue weighted by Gasteiger charge is -2.11. The number of carbonyl (C=O) groups is 2. The Hall–Kier alpha value is -3.74. The normalized spacial score (nSPS) is 10.3. The Balaban J connectivity index is 1.81. The van der Waals surface area contributed by atoms with Crippen LogP contribution in [0.15, 0.2) is 54.6 Å². The van der Waals surface area contributed by atoms with Crippen molar-refractivity contribution in [1.29, 1.82) is 0 Å². The van der Waals surface area contributed by atoms with Crippen LogP contribution in [-0.2, 0) is 11.2 Å². The van der Waals surface area contributed by atoms with Gasteiger partial charge in [-0.25, -0.2) is 9.97 Å². The lowest BCUT2D eigenvalue weighted by molar-refractivity contribution is -0.114. The van der Waals surface area contributed by atoms with Crippen LogP contribution in [0, 0.1) is 6.92 Å². The Morgan fingerprint density at radius 3 is 2.45 bits per heavy atom. The Morgan fingerprint density at radius 1 is 0.931 bits per heavy atom. The molecule has 1 aromatic heterocycles. The van der Waals surface area contributed by atoms with E-state index in [0.29, 0.717) is 23.0 Å². The fraction of sp³-hybridized carbons (Fsp3) is 0.182. The Morgan fingerprint density at radius 2 is 1.69 bits per heavy atom. The lowest BCUT2D eigenvalue weighted by Crippen LogP contribution is -2.16. The third kappa shape index (κ3) is 5.38. The summed E-state index contributed by atoms with van der Waals surface area (Å²) in [6.07, 6.45) is 0.816. The van der Waals surface area contributed by atoms with Gasteiger partial charge in [-0.2, -0.15) is 0 Å². The second-order valence-electron chi connectivity index (χ2n) is 6.57. The number of nitrogens with zero attached hydrogens (tertiary/aromatic N) is 2. The van der Waals surface area contributed by atoms with E-state index in [2.05, 4.69) is 25.9 Å². The fourth-order valence-electron chi connectivity index (χ4n) is 2.88. The number of anilines is 4. The lowest BCUT2D eigenvalue weighted by atomic mass is 10.1. The molecule has 0 fully saturated rings. The highest BCUT2D eigenvalue weighted by molar-refractivity contribution is 6.03. The topological polar surface area (TPSA) is 96.0 Å². The van der Waals surface area contributed by atoms with Crippen molar-refractivity contribution in [1.82, 2.24) is 9.97 Å². The van der Waals surface area contributed by atoms with Crippen LogP contribution in [0.5, 0.6) is 0 Å². The Labute approximate surface area is 169 Å². The number of aromatic nitrogens is 2. The zero-order valence-corrected chi connectivity index (χ0v) is 16.6. The van der Waals surface area contributed by atoms with Crippen molar-refractivity contribution in [3.05, 3.63) is 71.5 Å². The zero-order valence-electron chi connectivity index (χ0n) is 16.6. The van der Waals surface area contributed by atoms with Crippen LogP contribution in [0.3, 0.4) is 0 Å². The Bertz CT molecular complexity index is 1050. The van der Waals surface area contributed by atoms with E-state index in [1.807, 2.05) is 37.3 Å². The summed E-state index contributed by atoms with van der Waals surface area (Å²) in [7, 11) is 0. The summed E-state index contributed by atoms with van der Waals surface area (Å²) in [4.78, 5) is 32.7. The highest BCUT2D eigenvalue weighted by Crippen LogP contribution is 2.20. The molecule has 0 aliphatic heterocycles. The molecule has 0 saturated carbocycles. The quantitative estimate of drug-likeness (QED) is 0.584. The molecule has 0 atom stereocenters. The van der Waals surface area contributed by atoms with Crippen LogP contribution >= 0.6 is 0 Å². The van der Waals surface area contributed by atoms with Crippen molar-refractivity contribution in [2.45, 2.75) is 27.2 Å². The number of aryl methyl sites for hydroxylation is 2. The smallest absolute Gasteiger partial charge is 0.274 e. The van der Waals surface area contributed by atoms with Crippen LogP contribution in [0.1, 0.15) is 35.6 Å². The monoisotopic (exact) mass is 389 g/mol. The number of rotatable bonds is 6. The summed E-state index contributed by atoms with van der Waals surface area (Å²) in [5.74, 6) is -0.148. The van der Waals surface area contributed by atoms with Crippen molar-refractivity contribution < 1.29 is 9.59 Å². The van der Waals surface area contributed by atoms with Gasteiger partial charge in [-0.3, -0.25) is 9.59 Å². The SMILES string of the molecule is CCc1ccccc1NC(=O)c1cc(C)nc(Nc2cccc(NC(C)=O)c2)n1. The molecule has 0 spiro atoms. The zero-order chi connectivity index (χ0) is 20.8. The number of para-hydroxylation sites is 1. The molecule has 1 heterocycles. The van der Waals surface area contributed by atoms with E-state index in [-0.39, 0.29) is 17.5 Å². The molecule has 3 N–H and O–H groups in total. The van der Waals surface area contributed by atoms with Gasteiger partial charge in [0.05, 0.1) is 0 Å². The number of hydrogen-bond acceptors (Lipinski definition) is 5. The van der Waals surface area contributed by atoms with Gasteiger partial charge < -0.3 is 16.0 Å². The first-order chi connectivity index (χ1) is 13.9. The first kappa shape index (κ1) is 20.0. The van der Waals surface area contributed by atoms with Crippen LogP contribution in [-0.4, -0.2) is 21.8 Å². The summed E-state index contributed by atoms with van der Waals surface area (Å²) in [5, 5.41) is 8.73. The number of hydrogen-bond donors (Lipinski definition) is 3. The van der Waals surface area contributed by atoms with E-state index >= 15 is 0 Å². The van der Waals surface area contributed by atoms with Gasteiger partial charge in [0.25, 0.3) is 5.91 Å². The van der Waals surface area contributed by atoms with Gasteiger partial charge in [-0.05, 0) is 49.2 Å². The average Bonchev–Trinajstić information content (AvgIpc) is 2.67. The summed E-state index contributed by atoms with van der Waals surface area (Å²) in [6, 6.07) is 16.5. The first-order valence-electron chi connectivity index (χ1n) is 9.34. The molecule has 7 heteroatoms. The van der Waals surface area contributed by atoms with Crippen molar-refractivity contribution in [2.75, 3.05) is 16.0 Å². The van der Waals surface area contributed by atoms with E-state index in [1.54, 1.807) is 31.2 Å². The minimum absolute atomic E-state index is 0.153. The van der Waals surface area contributed by atoms with Gasteiger partial charge in [0.15, 0.2) is 0 Å². The first-order valence-corrected chi connectivity index (χ1v) is 9.34. The summed E-state index contributed by atoms with van der Waals surface area (Å²) in [6.45, 7) is 5.29. The maximum absolute atomic E-state index is 12.7. The van der Waals surface area contributed by atoms with Crippen LogP contribution < -0.4 is 16.0 Å². The number of benzene rings is 2. The molecule has 148 valence electrons. The molecule has 0 unspecified atom stereocenters. The van der Waals surface area contributed by atoms with Crippen molar-refractivity contribution in [3.8, 4) is 0 Å². The molecule has 0 radical (unpaired) electrons. The van der Waals surface area contributed by atoms with Crippen molar-refractivity contribution in [2.24, 2.45) is 0 Å². The van der Waals surface area contributed by atoms with Crippen LogP contribution in [0.2, 0.25) is 0 Å². The highest BCUT2D eigenvalue weighted by atomic mass is 16.2.